The third kappa shape index (κ3) is 33.2. The van der Waals surface area contributed by atoms with Crippen molar-refractivity contribution in [2.24, 2.45) is 0 Å². The van der Waals surface area contributed by atoms with Gasteiger partial charge in [0.1, 0.15) is 6.10 Å². The van der Waals surface area contributed by atoms with Crippen LogP contribution in [0.15, 0.2) is 12.2 Å². The van der Waals surface area contributed by atoms with Crippen LogP contribution in [0.25, 0.3) is 0 Å². The third-order valence-electron chi connectivity index (χ3n) is 8.47. The molecule has 4 nitrogen and oxygen atoms in total. The van der Waals surface area contributed by atoms with Crippen molar-refractivity contribution in [3.63, 3.8) is 0 Å². The highest BCUT2D eigenvalue weighted by atomic mass is 16.5. The molecule has 0 aromatic heterocycles. The maximum absolute atomic E-state index is 12.6. The van der Waals surface area contributed by atoms with Gasteiger partial charge in [-0.25, -0.2) is 0 Å². The molecule has 0 saturated carbocycles. The van der Waals surface area contributed by atoms with Crippen LogP contribution in [0, 0.1) is 0 Å². The molecular weight excluding hydrogens is 520 g/mol. The highest BCUT2D eigenvalue weighted by molar-refractivity contribution is 5.69. The van der Waals surface area contributed by atoms with Crippen molar-refractivity contribution in [3.8, 4) is 0 Å². The van der Waals surface area contributed by atoms with Crippen LogP contribution in [0.4, 0.5) is 0 Å². The smallest absolute Gasteiger partial charge is 0.306 e. The zero-order chi connectivity index (χ0) is 30.8. The van der Waals surface area contributed by atoms with E-state index in [4.69, 9.17) is 9.84 Å². The minimum Gasteiger partial charge on any atom is -0.481 e. The summed E-state index contributed by atoms with van der Waals surface area (Å²) in [6.07, 6.45) is 40.9. The van der Waals surface area contributed by atoms with Gasteiger partial charge in [-0.05, 0) is 44.6 Å². The van der Waals surface area contributed by atoms with E-state index in [1.165, 1.54) is 122 Å². The Balaban J connectivity index is 4.05. The monoisotopic (exact) mass is 593 g/mol. The molecule has 42 heavy (non-hydrogen) atoms. The van der Waals surface area contributed by atoms with Crippen molar-refractivity contribution in [2.75, 3.05) is 0 Å². The van der Waals surface area contributed by atoms with Crippen molar-refractivity contribution < 1.29 is 19.4 Å². The van der Waals surface area contributed by atoms with Gasteiger partial charge in [0.25, 0.3) is 0 Å². The first-order chi connectivity index (χ1) is 20.6. The number of allylic oxidation sites excluding steroid dienone is 1. The summed E-state index contributed by atoms with van der Waals surface area (Å²) in [6, 6.07) is 0. The zero-order valence-corrected chi connectivity index (χ0v) is 28.3. The Morgan fingerprint density at radius 1 is 0.524 bits per heavy atom. The molecular formula is C38H72O4. The average molecular weight is 593 g/mol. The molecule has 0 radical (unpaired) electrons. The maximum Gasteiger partial charge on any atom is 0.306 e. The van der Waals surface area contributed by atoms with E-state index in [1.807, 2.05) is 0 Å². The van der Waals surface area contributed by atoms with Gasteiger partial charge in [-0.3, -0.25) is 9.59 Å². The number of carboxylic acids is 1. The number of carboxylic acid groups (broad SMARTS) is 1. The van der Waals surface area contributed by atoms with Gasteiger partial charge in [-0.15, -0.1) is 0 Å². The first-order valence-corrected chi connectivity index (χ1v) is 18.7. The van der Waals surface area contributed by atoms with Crippen LogP contribution in [-0.2, 0) is 14.3 Å². The number of unbranched alkanes of at least 4 members (excludes halogenated alkanes) is 25. The Hall–Kier alpha value is -1.32. The summed E-state index contributed by atoms with van der Waals surface area (Å²) in [7, 11) is 0. The molecule has 1 atom stereocenters. The summed E-state index contributed by atoms with van der Waals surface area (Å²) < 4.78 is 5.92. The molecule has 248 valence electrons. The summed E-state index contributed by atoms with van der Waals surface area (Å²) >= 11 is 0. The lowest BCUT2D eigenvalue weighted by atomic mass is 10.0. The highest BCUT2D eigenvalue weighted by Gasteiger charge is 2.11. The number of carbonyl (C=O) groups is 2. The van der Waals surface area contributed by atoms with Gasteiger partial charge >= 0.3 is 11.9 Å². The van der Waals surface area contributed by atoms with Crippen LogP contribution in [0.1, 0.15) is 213 Å². The summed E-state index contributed by atoms with van der Waals surface area (Å²) in [5.74, 6) is -0.731. The number of esters is 1. The van der Waals surface area contributed by atoms with Gasteiger partial charge < -0.3 is 9.84 Å². The average Bonchev–Trinajstić information content (AvgIpc) is 2.97. The lowest BCUT2D eigenvalue weighted by Crippen LogP contribution is -2.16. The van der Waals surface area contributed by atoms with E-state index in [0.29, 0.717) is 6.42 Å². The second-order valence-corrected chi connectivity index (χ2v) is 12.8. The molecule has 0 saturated heterocycles. The first kappa shape index (κ1) is 40.7. The number of ether oxygens (including phenoxy) is 1. The molecule has 4 heteroatoms. The van der Waals surface area contributed by atoms with E-state index in [1.54, 1.807) is 0 Å². The number of rotatable bonds is 34. The van der Waals surface area contributed by atoms with Crippen LogP contribution in [0.3, 0.4) is 0 Å². The van der Waals surface area contributed by atoms with Crippen molar-refractivity contribution >= 4 is 11.9 Å². The minimum atomic E-state index is -0.697. The minimum absolute atomic E-state index is 0.0341. The van der Waals surface area contributed by atoms with Crippen molar-refractivity contribution in [1.29, 1.82) is 0 Å². The molecule has 0 aliphatic heterocycles. The Morgan fingerprint density at radius 3 is 1.36 bits per heavy atom. The normalized spacial score (nSPS) is 12.2. The largest absolute Gasteiger partial charge is 0.481 e. The number of aliphatic carboxylic acids is 1. The van der Waals surface area contributed by atoms with Crippen molar-refractivity contribution in [1.82, 2.24) is 0 Å². The van der Waals surface area contributed by atoms with E-state index in [2.05, 4.69) is 26.0 Å². The first-order valence-electron chi connectivity index (χ1n) is 18.7. The van der Waals surface area contributed by atoms with Crippen molar-refractivity contribution in [2.45, 2.75) is 219 Å². The van der Waals surface area contributed by atoms with E-state index >= 15 is 0 Å². The number of carbonyl (C=O) groups excluding carboxylic acids is 1. The number of hydrogen-bond acceptors (Lipinski definition) is 3. The second kappa shape index (κ2) is 34.2. The quantitative estimate of drug-likeness (QED) is 0.0458. The SMILES string of the molecule is CCCCCCCCC/C=C\C(CCCCCCCCC(=O)O)OC(=O)CCCCCCCCCCCCCCCC. The van der Waals surface area contributed by atoms with Crippen LogP contribution < -0.4 is 0 Å². The van der Waals surface area contributed by atoms with Gasteiger partial charge in [0.05, 0.1) is 0 Å². The molecule has 1 N–H and O–H groups in total. The molecule has 0 aliphatic rings. The Labute approximate surface area is 262 Å². The topological polar surface area (TPSA) is 63.6 Å². The maximum atomic E-state index is 12.6. The van der Waals surface area contributed by atoms with E-state index < -0.39 is 5.97 Å². The fourth-order valence-corrected chi connectivity index (χ4v) is 5.68. The fourth-order valence-electron chi connectivity index (χ4n) is 5.68. The van der Waals surface area contributed by atoms with Gasteiger partial charge in [-0.2, -0.15) is 0 Å². The Bertz CT molecular complexity index is 600. The predicted octanol–water partition coefficient (Wildman–Crippen LogP) is 12.7. The number of hydrogen-bond donors (Lipinski definition) is 1. The molecule has 0 spiro atoms. The van der Waals surface area contributed by atoms with E-state index in [0.717, 1.165) is 64.2 Å². The highest BCUT2D eigenvalue weighted by Crippen LogP contribution is 2.16. The zero-order valence-electron chi connectivity index (χ0n) is 28.3. The lowest BCUT2D eigenvalue weighted by Gasteiger charge is -2.15. The molecule has 0 amide bonds. The van der Waals surface area contributed by atoms with Crippen LogP contribution in [0.2, 0.25) is 0 Å². The summed E-state index contributed by atoms with van der Waals surface area (Å²) in [5, 5.41) is 8.76. The third-order valence-corrected chi connectivity index (χ3v) is 8.47. The summed E-state index contributed by atoms with van der Waals surface area (Å²) in [5.41, 5.74) is 0. The fraction of sp³-hybridized carbons (Fsp3) is 0.895. The molecule has 0 aliphatic carbocycles. The van der Waals surface area contributed by atoms with E-state index in [9.17, 15) is 9.59 Å². The Morgan fingerprint density at radius 2 is 0.905 bits per heavy atom. The Kier molecular flexibility index (Phi) is 33.1. The van der Waals surface area contributed by atoms with Gasteiger partial charge in [0, 0.05) is 12.8 Å². The van der Waals surface area contributed by atoms with Crippen molar-refractivity contribution in [3.05, 3.63) is 12.2 Å². The summed E-state index contributed by atoms with van der Waals surface area (Å²) in [4.78, 5) is 23.2. The molecule has 0 heterocycles. The van der Waals surface area contributed by atoms with E-state index in [-0.39, 0.29) is 18.5 Å². The van der Waals surface area contributed by atoms with Crippen LogP contribution in [-0.4, -0.2) is 23.1 Å². The molecule has 0 aromatic rings. The molecule has 0 bridgehead atoms. The van der Waals surface area contributed by atoms with Crippen LogP contribution in [0.5, 0.6) is 0 Å². The van der Waals surface area contributed by atoms with Crippen LogP contribution >= 0.6 is 0 Å². The summed E-state index contributed by atoms with van der Waals surface area (Å²) in [6.45, 7) is 4.54. The predicted molar refractivity (Wildman–Crippen MR) is 181 cm³/mol. The standard InChI is InChI=1S/C38H72O4/c1-3-5-7-9-11-13-14-15-16-17-19-21-27-31-35-38(41)42-36(32-28-24-20-18-12-10-8-6-4-2)33-29-25-22-23-26-30-34-37(39)40/h28,32,36H,3-27,29-31,33-35H2,1-2H3,(H,39,40)/b32-28-. The molecule has 0 fully saturated rings. The van der Waals surface area contributed by atoms with Gasteiger partial charge in [0.2, 0.25) is 0 Å². The van der Waals surface area contributed by atoms with Gasteiger partial charge in [0.15, 0.2) is 0 Å². The van der Waals surface area contributed by atoms with Gasteiger partial charge in [-0.1, -0.05) is 168 Å². The second-order valence-electron chi connectivity index (χ2n) is 12.8. The molecule has 0 aromatic carbocycles. The molecule has 0 rings (SSSR count). The lowest BCUT2D eigenvalue weighted by molar-refractivity contribution is -0.147. The molecule has 1 unspecified atom stereocenters.